The molecular weight excluding hydrogens is 308 g/mol. The summed E-state index contributed by atoms with van der Waals surface area (Å²) in [4.78, 5) is 12.2. The molecule has 2 aromatic rings. The van der Waals surface area contributed by atoms with Gasteiger partial charge >= 0.3 is 0 Å². The van der Waals surface area contributed by atoms with Crippen LogP contribution < -0.4 is 15.8 Å². The van der Waals surface area contributed by atoms with E-state index >= 15 is 0 Å². The average molecular weight is 321 g/mol. The minimum atomic E-state index is -0.262. The molecule has 0 saturated carbocycles. The van der Waals surface area contributed by atoms with Gasteiger partial charge in [-0.05, 0) is 36.4 Å². The lowest BCUT2D eigenvalue weighted by Gasteiger charge is -2.10. The molecule has 0 unspecified atom stereocenters. The van der Waals surface area contributed by atoms with Gasteiger partial charge < -0.3 is 15.8 Å². The number of ether oxygens (including phenoxy) is 1. The van der Waals surface area contributed by atoms with Gasteiger partial charge in [0.15, 0.2) is 0 Å². The van der Waals surface area contributed by atoms with Crippen molar-refractivity contribution in [2.45, 2.75) is 0 Å². The van der Waals surface area contributed by atoms with E-state index in [1.807, 2.05) is 18.2 Å². The molecule has 0 aliphatic heterocycles. The Morgan fingerprint density at radius 3 is 2.74 bits per heavy atom. The maximum absolute atomic E-state index is 12.2. The van der Waals surface area contributed by atoms with Gasteiger partial charge in [-0.25, -0.2) is 0 Å². The van der Waals surface area contributed by atoms with E-state index < -0.39 is 0 Å². The largest absolute Gasteiger partial charge is 0.496 e. The molecule has 2 aromatic carbocycles. The molecule has 0 spiro atoms. The fourth-order valence-electron chi connectivity index (χ4n) is 1.67. The number of rotatable bonds is 3. The zero-order valence-electron chi connectivity index (χ0n) is 10.3. The number of nitrogens with two attached hydrogens (primary N) is 1. The third-order valence-electron chi connectivity index (χ3n) is 2.55. The Kier molecular flexibility index (Phi) is 4.06. The first-order chi connectivity index (χ1) is 9.10. The highest BCUT2D eigenvalue weighted by atomic mass is 79.9. The molecule has 0 radical (unpaired) electrons. The minimum absolute atomic E-state index is 0.262. The summed E-state index contributed by atoms with van der Waals surface area (Å²) in [5.74, 6) is 0.226. The Morgan fingerprint density at radius 1 is 1.26 bits per heavy atom. The van der Waals surface area contributed by atoms with Crippen molar-refractivity contribution in [2.24, 2.45) is 0 Å². The van der Waals surface area contributed by atoms with E-state index in [1.165, 1.54) is 7.11 Å². The van der Waals surface area contributed by atoms with Crippen LogP contribution in [-0.4, -0.2) is 13.0 Å². The monoisotopic (exact) mass is 320 g/mol. The van der Waals surface area contributed by atoms with E-state index in [2.05, 4.69) is 21.2 Å². The predicted molar refractivity (Wildman–Crippen MR) is 79.5 cm³/mol. The van der Waals surface area contributed by atoms with Crippen molar-refractivity contribution in [1.82, 2.24) is 0 Å². The first-order valence-corrected chi connectivity index (χ1v) is 6.40. The molecule has 0 aliphatic rings. The fourth-order valence-corrected chi connectivity index (χ4v) is 2.07. The number of hydrogen-bond donors (Lipinski definition) is 2. The van der Waals surface area contributed by atoms with Crippen LogP contribution in [0.15, 0.2) is 46.9 Å². The van der Waals surface area contributed by atoms with Crippen molar-refractivity contribution >= 4 is 33.2 Å². The first kappa shape index (κ1) is 13.4. The number of methoxy groups -OCH3 is 1. The van der Waals surface area contributed by atoms with Crippen LogP contribution in [0.25, 0.3) is 0 Å². The summed E-state index contributed by atoms with van der Waals surface area (Å²) in [5.41, 5.74) is 7.31. The Labute approximate surface area is 119 Å². The Bertz CT molecular complexity index is 614. The van der Waals surface area contributed by atoms with E-state index in [4.69, 9.17) is 10.5 Å². The summed E-state index contributed by atoms with van der Waals surface area (Å²) in [6.07, 6.45) is 0. The molecule has 3 N–H and O–H groups in total. The molecule has 5 heteroatoms. The van der Waals surface area contributed by atoms with Crippen LogP contribution in [0.5, 0.6) is 5.75 Å². The van der Waals surface area contributed by atoms with Gasteiger partial charge in [-0.2, -0.15) is 0 Å². The van der Waals surface area contributed by atoms with Crippen molar-refractivity contribution in [3.63, 3.8) is 0 Å². The number of anilines is 2. The van der Waals surface area contributed by atoms with Gasteiger partial charge in [0.25, 0.3) is 5.91 Å². The lowest BCUT2D eigenvalue weighted by molar-refractivity contribution is 0.102. The smallest absolute Gasteiger partial charge is 0.259 e. The highest BCUT2D eigenvalue weighted by molar-refractivity contribution is 9.10. The molecule has 0 bridgehead atoms. The van der Waals surface area contributed by atoms with Crippen molar-refractivity contribution in [1.29, 1.82) is 0 Å². The summed E-state index contributed by atoms with van der Waals surface area (Å²) in [7, 11) is 1.52. The molecule has 1 amide bonds. The summed E-state index contributed by atoms with van der Waals surface area (Å²) >= 11 is 3.35. The Morgan fingerprint density at radius 2 is 2.05 bits per heavy atom. The second-order valence-electron chi connectivity index (χ2n) is 3.92. The molecule has 0 fully saturated rings. The number of benzene rings is 2. The van der Waals surface area contributed by atoms with Crippen molar-refractivity contribution in [2.75, 3.05) is 18.2 Å². The SMILES string of the molecule is COc1ccc(N)cc1C(=O)Nc1cccc(Br)c1. The van der Waals surface area contributed by atoms with Gasteiger partial charge in [0.2, 0.25) is 0 Å². The number of nitrogen functional groups attached to an aromatic ring is 1. The first-order valence-electron chi connectivity index (χ1n) is 5.60. The topological polar surface area (TPSA) is 64.3 Å². The quantitative estimate of drug-likeness (QED) is 0.853. The summed E-state index contributed by atoms with van der Waals surface area (Å²) < 4.78 is 6.05. The molecule has 0 atom stereocenters. The maximum atomic E-state index is 12.2. The van der Waals surface area contributed by atoms with Crippen LogP contribution in [0.2, 0.25) is 0 Å². The van der Waals surface area contributed by atoms with E-state index in [1.54, 1.807) is 24.3 Å². The van der Waals surface area contributed by atoms with E-state index in [0.29, 0.717) is 22.7 Å². The molecule has 0 saturated heterocycles. The second kappa shape index (κ2) is 5.75. The van der Waals surface area contributed by atoms with Gasteiger partial charge in [-0.1, -0.05) is 22.0 Å². The second-order valence-corrected chi connectivity index (χ2v) is 4.84. The normalized spacial score (nSPS) is 10.0. The third kappa shape index (κ3) is 3.26. The van der Waals surface area contributed by atoms with Crippen LogP contribution in [0.1, 0.15) is 10.4 Å². The number of nitrogens with one attached hydrogen (secondary N) is 1. The Hall–Kier alpha value is -2.01. The molecule has 0 aromatic heterocycles. The van der Waals surface area contributed by atoms with Crippen LogP contribution in [0.3, 0.4) is 0 Å². The van der Waals surface area contributed by atoms with Gasteiger partial charge in [0.1, 0.15) is 5.75 Å². The lowest BCUT2D eigenvalue weighted by atomic mass is 10.1. The van der Waals surface area contributed by atoms with E-state index in [9.17, 15) is 4.79 Å². The standard InChI is InChI=1S/C14H13BrN2O2/c1-19-13-6-5-10(16)8-12(13)14(18)17-11-4-2-3-9(15)7-11/h2-8H,16H2,1H3,(H,17,18). The zero-order chi connectivity index (χ0) is 13.8. The van der Waals surface area contributed by atoms with Crippen LogP contribution in [0.4, 0.5) is 11.4 Å². The molecule has 4 nitrogen and oxygen atoms in total. The lowest BCUT2D eigenvalue weighted by Crippen LogP contribution is -2.13. The van der Waals surface area contributed by atoms with E-state index in [0.717, 1.165) is 4.47 Å². The predicted octanol–water partition coefficient (Wildman–Crippen LogP) is 3.29. The molecule has 2 rings (SSSR count). The molecule has 98 valence electrons. The Balaban J connectivity index is 2.27. The van der Waals surface area contributed by atoms with Gasteiger partial charge in [-0.3, -0.25) is 4.79 Å². The fraction of sp³-hybridized carbons (Fsp3) is 0.0714. The minimum Gasteiger partial charge on any atom is -0.496 e. The van der Waals surface area contributed by atoms with Crippen molar-refractivity contribution in [3.05, 3.63) is 52.5 Å². The number of amides is 1. The van der Waals surface area contributed by atoms with Crippen LogP contribution in [-0.2, 0) is 0 Å². The number of hydrogen-bond acceptors (Lipinski definition) is 3. The molecule has 0 aliphatic carbocycles. The third-order valence-corrected chi connectivity index (χ3v) is 3.04. The average Bonchev–Trinajstić information content (AvgIpc) is 2.38. The van der Waals surface area contributed by atoms with Crippen LogP contribution in [0, 0.1) is 0 Å². The molecule has 0 heterocycles. The van der Waals surface area contributed by atoms with Gasteiger partial charge in [0.05, 0.1) is 12.7 Å². The highest BCUT2D eigenvalue weighted by Gasteiger charge is 2.12. The van der Waals surface area contributed by atoms with Crippen molar-refractivity contribution in [3.8, 4) is 5.75 Å². The maximum Gasteiger partial charge on any atom is 0.259 e. The highest BCUT2D eigenvalue weighted by Crippen LogP contribution is 2.23. The van der Waals surface area contributed by atoms with Gasteiger partial charge in [0, 0.05) is 15.8 Å². The van der Waals surface area contributed by atoms with E-state index in [-0.39, 0.29) is 5.91 Å². The number of carbonyl (C=O) groups is 1. The van der Waals surface area contributed by atoms with Gasteiger partial charge in [-0.15, -0.1) is 0 Å². The molecule has 19 heavy (non-hydrogen) atoms. The van der Waals surface area contributed by atoms with Crippen LogP contribution >= 0.6 is 15.9 Å². The number of carbonyl (C=O) groups excluding carboxylic acids is 1. The van der Waals surface area contributed by atoms with Crippen molar-refractivity contribution < 1.29 is 9.53 Å². The summed E-state index contributed by atoms with van der Waals surface area (Å²) in [6.45, 7) is 0. The zero-order valence-corrected chi connectivity index (χ0v) is 11.9. The summed E-state index contributed by atoms with van der Waals surface area (Å²) in [5, 5.41) is 2.80. The molecular formula is C14H13BrN2O2. The summed E-state index contributed by atoms with van der Waals surface area (Å²) in [6, 6.07) is 12.3. The number of halogens is 1.